The molecule has 0 aromatic rings. The Balaban J connectivity index is 2.16. The van der Waals surface area contributed by atoms with Crippen LogP contribution >= 0.6 is 0 Å². The monoisotopic (exact) mass is 257 g/mol. The molecule has 0 aromatic carbocycles. The Kier molecular flexibility index (Phi) is 3.23. The number of carboxylic acids is 1. The lowest BCUT2D eigenvalue weighted by molar-refractivity contribution is -0.142. The van der Waals surface area contributed by atoms with Crippen LogP contribution in [0.3, 0.4) is 0 Å². The lowest BCUT2D eigenvalue weighted by Crippen LogP contribution is -2.48. The quantitative estimate of drug-likeness (QED) is 0.761. The third-order valence-corrected chi connectivity index (χ3v) is 3.27. The van der Waals surface area contributed by atoms with Gasteiger partial charge in [0.15, 0.2) is 0 Å². The second-order valence-electron chi connectivity index (χ2n) is 5.84. The van der Waals surface area contributed by atoms with E-state index in [4.69, 9.17) is 9.47 Å². The molecule has 102 valence electrons. The molecule has 6 nitrogen and oxygen atoms in total. The van der Waals surface area contributed by atoms with Crippen LogP contribution in [0.4, 0.5) is 4.79 Å². The van der Waals surface area contributed by atoms with E-state index in [0.717, 1.165) is 0 Å². The molecule has 0 aliphatic carbocycles. The SMILES string of the molecule is CC(C)(C)OC(=O)N1C(C(=O)O)CC2COCC21. The Morgan fingerprint density at radius 3 is 2.56 bits per heavy atom. The summed E-state index contributed by atoms with van der Waals surface area (Å²) in [5.74, 6) is -0.867. The van der Waals surface area contributed by atoms with E-state index < -0.39 is 23.7 Å². The molecule has 2 rings (SSSR count). The molecule has 2 heterocycles. The Hall–Kier alpha value is -1.30. The average molecular weight is 257 g/mol. The fourth-order valence-electron chi connectivity index (χ4n) is 2.55. The van der Waals surface area contributed by atoms with Crippen molar-refractivity contribution in [2.24, 2.45) is 5.92 Å². The number of carbonyl (C=O) groups is 2. The highest BCUT2D eigenvalue weighted by Crippen LogP contribution is 2.35. The summed E-state index contributed by atoms with van der Waals surface area (Å²) in [6.45, 7) is 6.21. The van der Waals surface area contributed by atoms with Gasteiger partial charge >= 0.3 is 12.1 Å². The minimum atomic E-state index is -0.977. The van der Waals surface area contributed by atoms with Crippen molar-refractivity contribution in [1.29, 1.82) is 0 Å². The first-order chi connectivity index (χ1) is 8.29. The molecule has 0 aromatic heterocycles. The molecule has 2 aliphatic rings. The van der Waals surface area contributed by atoms with Gasteiger partial charge in [-0.05, 0) is 27.2 Å². The van der Waals surface area contributed by atoms with E-state index in [9.17, 15) is 14.7 Å². The summed E-state index contributed by atoms with van der Waals surface area (Å²) in [5, 5.41) is 9.20. The standard InChI is InChI=1S/C12H19NO5/c1-12(2,3)18-11(16)13-8(10(14)15)4-7-5-17-6-9(7)13/h7-9H,4-6H2,1-3H3,(H,14,15). The van der Waals surface area contributed by atoms with E-state index in [0.29, 0.717) is 19.6 Å². The number of likely N-dealkylation sites (tertiary alicyclic amines) is 1. The summed E-state index contributed by atoms with van der Waals surface area (Å²) in [6.07, 6.45) is -0.118. The highest BCUT2D eigenvalue weighted by molar-refractivity contribution is 5.81. The normalized spacial score (nSPS) is 31.3. The molecule has 0 spiro atoms. The number of hydrogen-bond acceptors (Lipinski definition) is 4. The predicted octanol–water partition coefficient (Wildman–Crippen LogP) is 1.10. The Morgan fingerprint density at radius 2 is 2.00 bits per heavy atom. The summed E-state index contributed by atoms with van der Waals surface area (Å²) in [6, 6.07) is -0.959. The first-order valence-electron chi connectivity index (χ1n) is 6.11. The topological polar surface area (TPSA) is 76.1 Å². The molecular formula is C12H19NO5. The molecule has 1 N–H and O–H groups in total. The zero-order valence-corrected chi connectivity index (χ0v) is 10.9. The number of nitrogens with zero attached hydrogens (tertiary/aromatic N) is 1. The van der Waals surface area contributed by atoms with E-state index in [2.05, 4.69) is 0 Å². The minimum Gasteiger partial charge on any atom is -0.480 e. The van der Waals surface area contributed by atoms with Crippen LogP contribution in [-0.2, 0) is 14.3 Å². The molecule has 3 atom stereocenters. The molecule has 2 saturated heterocycles. The fraction of sp³-hybridized carbons (Fsp3) is 0.833. The Bertz CT molecular complexity index is 362. The molecule has 2 aliphatic heterocycles. The number of carboxylic acid groups (broad SMARTS) is 1. The molecule has 0 saturated carbocycles. The third-order valence-electron chi connectivity index (χ3n) is 3.27. The van der Waals surface area contributed by atoms with E-state index in [-0.39, 0.29) is 12.0 Å². The number of ether oxygens (including phenoxy) is 2. The van der Waals surface area contributed by atoms with Crippen LogP contribution in [0.25, 0.3) is 0 Å². The number of aliphatic carboxylic acids is 1. The van der Waals surface area contributed by atoms with Gasteiger partial charge in [0.2, 0.25) is 0 Å². The van der Waals surface area contributed by atoms with Gasteiger partial charge in [0.25, 0.3) is 0 Å². The van der Waals surface area contributed by atoms with Gasteiger partial charge in [0, 0.05) is 5.92 Å². The smallest absolute Gasteiger partial charge is 0.411 e. The third kappa shape index (κ3) is 2.43. The average Bonchev–Trinajstić information content (AvgIpc) is 2.70. The number of fused-ring (bicyclic) bond motifs is 1. The molecule has 18 heavy (non-hydrogen) atoms. The van der Waals surface area contributed by atoms with Crippen molar-refractivity contribution >= 4 is 12.1 Å². The van der Waals surface area contributed by atoms with Crippen LogP contribution in [-0.4, -0.2) is 53.0 Å². The van der Waals surface area contributed by atoms with Crippen LogP contribution in [0.15, 0.2) is 0 Å². The van der Waals surface area contributed by atoms with Crippen molar-refractivity contribution in [3.05, 3.63) is 0 Å². The van der Waals surface area contributed by atoms with Gasteiger partial charge in [-0.15, -0.1) is 0 Å². The number of amides is 1. The van der Waals surface area contributed by atoms with Gasteiger partial charge < -0.3 is 14.6 Å². The highest BCUT2D eigenvalue weighted by Gasteiger charge is 2.50. The van der Waals surface area contributed by atoms with Crippen molar-refractivity contribution < 1.29 is 24.2 Å². The van der Waals surface area contributed by atoms with Gasteiger partial charge in [-0.1, -0.05) is 0 Å². The first kappa shape index (κ1) is 13.1. The van der Waals surface area contributed by atoms with Gasteiger partial charge in [0.1, 0.15) is 11.6 Å². The van der Waals surface area contributed by atoms with Crippen molar-refractivity contribution in [3.8, 4) is 0 Å². The molecule has 0 bridgehead atoms. The maximum absolute atomic E-state index is 12.1. The Morgan fingerprint density at radius 1 is 1.33 bits per heavy atom. The highest BCUT2D eigenvalue weighted by atomic mass is 16.6. The van der Waals surface area contributed by atoms with Crippen LogP contribution in [0, 0.1) is 5.92 Å². The molecule has 2 fully saturated rings. The summed E-state index contributed by atoms with van der Waals surface area (Å²) in [5.41, 5.74) is -0.627. The zero-order chi connectivity index (χ0) is 13.5. The van der Waals surface area contributed by atoms with Crippen molar-refractivity contribution in [2.45, 2.75) is 44.9 Å². The van der Waals surface area contributed by atoms with E-state index in [1.807, 2.05) is 0 Å². The lowest BCUT2D eigenvalue weighted by atomic mass is 10.0. The largest absolute Gasteiger partial charge is 0.480 e. The van der Waals surface area contributed by atoms with Crippen LogP contribution in [0.1, 0.15) is 27.2 Å². The second kappa shape index (κ2) is 4.42. The van der Waals surface area contributed by atoms with Crippen molar-refractivity contribution in [1.82, 2.24) is 4.90 Å². The molecule has 3 unspecified atom stereocenters. The number of rotatable bonds is 1. The maximum Gasteiger partial charge on any atom is 0.411 e. The predicted molar refractivity (Wildman–Crippen MR) is 62.2 cm³/mol. The lowest BCUT2D eigenvalue weighted by Gasteiger charge is -2.30. The summed E-state index contributed by atoms with van der Waals surface area (Å²) in [7, 11) is 0. The van der Waals surface area contributed by atoms with Crippen LogP contribution < -0.4 is 0 Å². The number of hydrogen-bond donors (Lipinski definition) is 1. The van der Waals surface area contributed by atoms with Gasteiger partial charge in [-0.25, -0.2) is 9.59 Å². The van der Waals surface area contributed by atoms with Crippen molar-refractivity contribution in [2.75, 3.05) is 13.2 Å². The first-order valence-corrected chi connectivity index (χ1v) is 6.11. The number of carbonyl (C=O) groups excluding carboxylic acids is 1. The maximum atomic E-state index is 12.1. The van der Waals surface area contributed by atoms with Gasteiger partial charge in [0.05, 0.1) is 19.3 Å². The van der Waals surface area contributed by atoms with Crippen molar-refractivity contribution in [3.63, 3.8) is 0 Å². The molecule has 1 amide bonds. The minimum absolute atomic E-state index is 0.110. The Labute approximate surface area is 106 Å². The van der Waals surface area contributed by atoms with Crippen LogP contribution in [0.2, 0.25) is 0 Å². The molecule has 6 heteroatoms. The van der Waals surface area contributed by atoms with Gasteiger partial charge in [-0.2, -0.15) is 0 Å². The summed E-state index contributed by atoms with van der Waals surface area (Å²) >= 11 is 0. The van der Waals surface area contributed by atoms with E-state index in [1.54, 1.807) is 20.8 Å². The van der Waals surface area contributed by atoms with Gasteiger partial charge in [-0.3, -0.25) is 4.90 Å². The molecule has 0 radical (unpaired) electrons. The second-order valence-corrected chi connectivity index (χ2v) is 5.84. The van der Waals surface area contributed by atoms with E-state index >= 15 is 0 Å². The zero-order valence-electron chi connectivity index (χ0n) is 10.9. The fourth-order valence-corrected chi connectivity index (χ4v) is 2.55. The summed E-state index contributed by atoms with van der Waals surface area (Å²) < 4.78 is 10.6. The molecular weight excluding hydrogens is 238 g/mol. The van der Waals surface area contributed by atoms with Crippen LogP contribution in [0.5, 0.6) is 0 Å². The summed E-state index contributed by atoms with van der Waals surface area (Å²) in [4.78, 5) is 24.7. The van der Waals surface area contributed by atoms with E-state index in [1.165, 1.54) is 4.90 Å².